The monoisotopic (exact) mass is 405 g/mol. The number of nitrogens with zero attached hydrogens (tertiary/aromatic N) is 1. The maximum absolute atomic E-state index is 14.1. The van der Waals surface area contributed by atoms with Crippen molar-refractivity contribution in [2.24, 2.45) is 5.92 Å². The van der Waals surface area contributed by atoms with Crippen LogP contribution < -0.4 is 9.47 Å². The predicted octanol–water partition coefficient (Wildman–Crippen LogP) is 5.68. The van der Waals surface area contributed by atoms with Crippen molar-refractivity contribution in [2.45, 2.75) is 19.4 Å². The highest BCUT2D eigenvalue weighted by molar-refractivity contribution is 5.94. The van der Waals surface area contributed by atoms with Gasteiger partial charge in [-0.3, -0.25) is 4.79 Å². The summed E-state index contributed by atoms with van der Waals surface area (Å²) in [5.74, 6) is 0.849. The predicted molar refractivity (Wildman–Crippen MR) is 113 cm³/mol. The first-order chi connectivity index (χ1) is 14.6. The Labute approximate surface area is 175 Å². The molecule has 1 fully saturated rings. The lowest BCUT2D eigenvalue weighted by atomic mass is 10.1. The average molecular weight is 405 g/mol. The van der Waals surface area contributed by atoms with Gasteiger partial charge in [0.15, 0.2) is 11.6 Å². The Kier molecular flexibility index (Phi) is 5.98. The molecule has 154 valence electrons. The van der Waals surface area contributed by atoms with Gasteiger partial charge in [0, 0.05) is 18.7 Å². The van der Waals surface area contributed by atoms with E-state index < -0.39 is 5.82 Å². The van der Waals surface area contributed by atoms with E-state index in [1.54, 1.807) is 36.4 Å². The molecule has 0 saturated heterocycles. The second-order valence-corrected chi connectivity index (χ2v) is 7.51. The van der Waals surface area contributed by atoms with Crippen molar-refractivity contribution >= 4 is 5.91 Å². The minimum absolute atomic E-state index is 0.0132. The van der Waals surface area contributed by atoms with E-state index in [0.717, 1.165) is 12.1 Å². The molecule has 4 rings (SSSR count). The van der Waals surface area contributed by atoms with E-state index in [2.05, 4.69) is 0 Å². The Bertz CT molecular complexity index is 1000. The molecule has 1 aliphatic rings. The SMILES string of the molecule is COc1cccc(F)c1Oc1ccc(C(=O)N(Cc2ccccc2)CC2CC2)cc1. The van der Waals surface area contributed by atoms with Crippen molar-refractivity contribution in [1.29, 1.82) is 0 Å². The first kappa shape index (κ1) is 20.0. The topological polar surface area (TPSA) is 38.8 Å². The Balaban J connectivity index is 1.50. The molecule has 1 amide bonds. The van der Waals surface area contributed by atoms with Crippen LogP contribution >= 0.6 is 0 Å². The molecule has 1 aliphatic carbocycles. The summed E-state index contributed by atoms with van der Waals surface area (Å²) in [6, 6.07) is 21.3. The van der Waals surface area contributed by atoms with Gasteiger partial charge in [0.2, 0.25) is 5.75 Å². The smallest absolute Gasteiger partial charge is 0.254 e. The van der Waals surface area contributed by atoms with E-state index in [1.165, 1.54) is 26.0 Å². The van der Waals surface area contributed by atoms with Gasteiger partial charge < -0.3 is 14.4 Å². The highest BCUT2D eigenvalue weighted by Crippen LogP contribution is 2.34. The normalized spacial score (nSPS) is 13.0. The molecule has 0 atom stereocenters. The van der Waals surface area contributed by atoms with Gasteiger partial charge in [0.05, 0.1) is 7.11 Å². The zero-order chi connectivity index (χ0) is 20.9. The lowest BCUT2D eigenvalue weighted by molar-refractivity contribution is 0.0735. The summed E-state index contributed by atoms with van der Waals surface area (Å²) in [4.78, 5) is 15.0. The molecule has 1 saturated carbocycles. The van der Waals surface area contributed by atoms with Gasteiger partial charge in [-0.1, -0.05) is 36.4 Å². The summed E-state index contributed by atoms with van der Waals surface area (Å²) >= 11 is 0. The molecule has 5 heteroatoms. The number of amides is 1. The summed E-state index contributed by atoms with van der Waals surface area (Å²) in [5, 5.41) is 0. The Morgan fingerprint density at radius 3 is 2.40 bits per heavy atom. The van der Waals surface area contributed by atoms with E-state index in [0.29, 0.717) is 29.5 Å². The van der Waals surface area contributed by atoms with Gasteiger partial charge >= 0.3 is 0 Å². The van der Waals surface area contributed by atoms with Crippen LogP contribution in [0, 0.1) is 11.7 Å². The standard InChI is InChI=1S/C25H24FNO3/c1-29-23-9-5-8-22(26)24(23)30-21-14-12-20(13-15-21)25(28)27(17-19-10-11-19)16-18-6-3-2-4-7-18/h2-9,12-15,19H,10-11,16-17H2,1H3. The van der Waals surface area contributed by atoms with Crippen molar-refractivity contribution in [2.75, 3.05) is 13.7 Å². The van der Waals surface area contributed by atoms with Crippen molar-refractivity contribution in [3.63, 3.8) is 0 Å². The van der Waals surface area contributed by atoms with Crippen LogP contribution in [0.4, 0.5) is 4.39 Å². The largest absolute Gasteiger partial charge is 0.493 e. The van der Waals surface area contributed by atoms with E-state index in [9.17, 15) is 9.18 Å². The lowest BCUT2D eigenvalue weighted by Crippen LogP contribution is -2.32. The molecule has 0 spiro atoms. The molecule has 0 N–H and O–H groups in total. The summed E-state index contributed by atoms with van der Waals surface area (Å²) in [5.41, 5.74) is 1.69. The summed E-state index contributed by atoms with van der Waals surface area (Å²) in [6.07, 6.45) is 2.35. The van der Waals surface area contributed by atoms with Crippen LogP contribution in [0.3, 0.4) is 0 Å². The van der Waals surface area contributed by atoms with E-state index in [-0.39, 0.29) is 11.7 Å². The van der Waals surface area contributed by atoms with E-state index in [4.69, 9.17) is 9.47 Å². The van der Waals surface area contributed by atoms with Gasteiger partial charge in [-0.25, -0.2) is 4.39 Å². The van der Waals surface area contributed by atoms with Crippen molar-refractivity contribution < 1.29 is 18.7 Å². The molecule has 4 nitrogen and oxygen atoms in total. The van der Waals surface area contributed by atoms with Crippen LogP contribution in [0.2, 0.25) is 0 Å². The molecule has 0 radical (unpaired) electrons. The Hall–Kier alpha value is -3.34. The fourth-order valence-corrected chi connectivity index (χ4v) is 3.35. The Morgan fingerprint density at radius 2 is 1.73 bits per heavy atom. The highest BCUT2D eigenvalue weighted by Gasteiger charge is 2.27. The summed E-state index contributed by atoms with van der Waals surface area (Å²) < 4.78 is 24.9. The number of methoxy groups -OCH3 is 1. The number of carbonyl (C=O) groups excluding carboxylic acids is 1. The number of hydrogen-bond donors (Lipinski definition) is 0. The van der Waals surface area contributed by atoms with Gasteiger partial charge in [-0.15, -0.1) is 0 Å². The average Bonchev–Trinajstić information content (AvgIpc) is 3.59. The van der Waals surface area contributed by atoms with Crippen LogP contribution in [0.15, 0.2) is 72.8 Å². The minimum atomic E-state index is -0.507. The fraction of sp³-hybridized carbons (Fsp3) is 0.240. The van der Waals surface area contributed by atoms with E-state index >= 15 is 0 Å². The number of benzene rings is 3. The number of rotatable bonds is 8. The third-order valence-corrected chi connectivity index (χ3v) is 5.15. The molecule has 0 aromatic heterocycles. The molecule has 3 aromatic carbocycles. The summed E-state index contributed by atoms with van der Waals surface area (Å²) in [6.45, 7) is 1.35. The van der Waals surface area contributed by atoms with Crippen LogP contribution in [0.25, 0.3) is 0 Å². The number of carbonyl (C=O) groups is 1. The van der Waals surface area contributed by atoms with Crippen LogP contribution in [0.1, 0.15) is 28.8 Å². The van der Waals surface area contributed by atoms with Crippen LogP contribution in [0.5, 0.6) is 17.2 Å². The molecule has 3 aromatic rings. The molecule has 30 heavy (non-hydrogen) atoms. The quantitative estimate of drug-likeness (QED) is 0.484. The first-order valence-electron chi connectivity index (χ1n) is 10.1. The van der Waals surface area contributed by atoms with Crippen molar-refractivity contribution in [3.8, 4) is 17.2 Å². The van der Waals surface area contributed by atoms with E-state index in [1.807, 2.05) is 35.2 Å². The zero-order valence-corrected chi connectivity index (χ0v) is 16.9. The van der Waals surface area contributed by atoms with Gasteiger partial charge in [0.25, 0.3) is 5.91 Å². The third-order valence-electron chi connectivity index (χ3n) is 5.15. The van der Waals surface area contributed by atoms with Crippen molar-refractivity contribution in [3.05, 3.63) is 89.7 Å². The first-order valence-corrected chi connectivity index (χ1v) is 10.1. The van der Waals surface area contributed by atoms with Crippen molar-refractivity contribution in [1.82, 2.24) is 4.90 Å². The summed E-state index contributed by atoms with van der Waals surface area (Å²) in [7, 11) is 1.46. The number of para-hydroxylation sites is 1. The van der Waals surface area contributed by atoms with Crippen LogP contribution in [-0.4, -0.2) is 24.5 Å². The second-order valence-electron chi connectivity index (χ2n) is 7.51. The number of hydrogen-bond acceptors (Lipinski definition) is 3. The maximum Gasteiger partial charge on any atom is 0.254 e. The second kappa shape index (κ2) is 8.99. The molecule has 0 heterocycles. The molecule has 0 unspecified atom stereocenters. The molecular formula is C25H24FNO3. The van der Waals surface area contributed by atoms with Gasteiger partial charge in [-0.05, 0) is 60.7 Å². The number of ether oxygens (including phenoxy) is 2. The highest BCUT2D eigenvalue weighted by atomic mass is 19.1. The van der Waals surface area contributed by atoms with Gasteiger partial charge in [-0.2, -0.15) is 0 Å². The molecule has 0 bridgehead atoms. The Morgan fingerprint density at radius 1 is 1.00 bits per heavy atom. The molecular weight excluding hydrogens is 381 g/mol. The number of halogens is 1. The van der Waals surface area contributed by atoms with Gasteiger partial charge in [0.1, 0.15) is 5.75 Å². The minimum Gasteiger partial charge on any atom is -0.493 e. The van der Waals surface area contributed by atoms with Crippen LogP contribution in [-0.2, 0) is 6.54 Å². The third kappa shape index (κ3) is 4.79. The zero-order valence-electron chi connectivity index (χ0n) is 16.9. The maximum atomic E-state index is 14.1. The lowest BCUT2D eigenvalue weighted by Gasteiger charge is -2.23. The molecule has 0 aliphatic heterocycles. The fourth-order valence-electron chi connectivity index (χ4n) is 3.35.